The predicted octanol–water partition coefficient (Wildman–Crippen LogP) is 4.88. The molecule has 29 heavy (non-hydrogen) atoms. The van der Waals surface area contributed by atoms with Gasteiger partial charge in [0.25, 0.3) is 5.91 Å². The summed E-state index contributed by atoms with van der Waals surface area (Å²) < 4.78 is 5.67. The van der Waals surface area contributed by atoms with Gasteiger partial charge in [-0.15, -0.1) is 0 Å². The van der Waals surface area contributed by atoms with Crippen molar-refractivity contribution in [1.29, 1.82) is 0 Å². The maximum absolute atomic E-state index is 12.8. The molecule has 0 heterocycles. The first kappa shape index (κ1) is 23.0. The van der Waals surface area contributed by atoms with Crippen molar-refractivity contribution < 1.29 is 9.53 Å². The molecule has 2 aromatic carbocycles. The maximum Gasteiger partial charge on any atom is 0.251 e. The number of hydrogen-bond acceptors (Lipinski definition) is 3. The van der Waals surface area contributed by atoms with Crippen molar-refractivity contribution >= 4 is 5.91 Å². The van der Waals surface area contributed by atoms with Crippen molar-refractivity contribution in [3.05, 3.63) is 53.6 Å². The van der Waals surface area contributed by atoms with Crippen LogP contribution >= 0.6 is 0 Å². The fourth-order valence-corrected chi connectivity index (χ4v) is 3.90. The molecule has 0 spiro atoms. The Balaban J connectivity index is 2.18. The van der Waals surface area contributed by atoms with Gasteiger partial charge in [-0.1, -0.05) is 51.1 Å². The number of hydrogen-bond donors (Lipinski definition) is 1. The Labute approximate surface area is 176 Å². The number of rotatable bonds is 10. The second kappa shape index (κ2) is 11.0. The second-order valence-electron chi connectivity index (χ2n) is 8.40. The van der Waals surface area contributed by atoms with Crippen molar-refractivity contribution in [2.45, 2.75) is 33.6 Å². The SMILES string of the molecule is CCc1cccc(-c2cccc(C(=O)NC[C@@H](CC(C)C)CN(C)C)c2)c1OC. The van der Waals surface area contributed by atoms with Gasteiger partial charge in [-0.05, 0) is 62.0 Å². The Morgan fingerprint density at radius 2 is 1.86 bits per heavy atom. The van der Waals surface area contributed by atoms with Gasteiger partial charge in [0.05, 0.1) is 7.11 Å². The molecule has 0 aliphatic heterocycles. The third-order valence-corrected chi connectivity index (χ3v) is 5.10. The first-order valence-electron chi connectivity index (χ1n) is 10.5. The number of carbonyl (C=O) groups is 1. The average molecular weight is 397 g/mol. The van der Waals surface area contributed by atoms with E-state index in [0.717, 1.165) is 36.3 Å². The van der Waals surface area contributed by atoms with E-state index < -0.39 is 0 Å². The number of ether oxygens (including phenoxy) is 1. The van der Waals surface area contributed by atoms with Gasteiger partial charge in [0, 0.05) is 24.2 Å². The van der Waals surface area contributed by atoms with Gasteiger partial charge < -0.3 is 15.0 Å². The van der Waals surface area contributed by atoms with E-state index in [2.05, 4.69) is 51.1 Å². The fourth-order valence-electron chi connectivity index (χ4n) is 3.90. The minimum absolute atomic E-state index is 0.0232. The first-order chi connectivity index (χ1) is 13.8. The number of amides is 1. The Hall–Kier alpha value is -2.33. The van der Waals surface area contributed by atoms with Gasteiger partial charge in [-0.2, -0.15) is 0 Å². The highest BCUT2D eigenvalue weighted by molar-refractivity contribution is 5.95. The average Bonchev–Trinajstić information content (AvgIpc) is 2.70. The van der Waals surface area contributed by atoms with E-state index in [1.807, 2.05) is 36.4 Å². The molecular weight excluding hydrogens is 360 g/mol. The van der Waals surface area contributed by atoms with Crippen LogP contribution in [0.15, 0.2) is 42.5 Å². The lowest BCUT2D eigenvalue weighted by atomic mass is 9.96. The highest BCUT2D eigenvalue weighted by Crippen LogP contribution is 2.33. The standard InChI is InChI=1S/C25H36N2O2/c1-7-20-10-9-13-23(24(20)29-6)21-11-8-12-22(15-21)25(28)26-16-19(14-18(2)3)17-27(4)5/h8-13,15,18-19H,7,14,16-17H2,1-6H3,(H,26,28)/t19-/m1/s1. The summed E-state index contributed by atoms with van der Waals surface area (Å²) in [6.45, 7) is 8.23. The monoisotopic (exact) mass is 396 g/mol. The number of para-hydroxylation sites is 1. The van der Waals surface area contributed by atoms with Crippen LogP contribution < -0.4 is 10.1 Å². The van der Waals surface area contributed by atoms with Crippen LogP contribution in [0, 0.1) is 11.8 Å². The minimum atomic E-state index is -0.0232. The Morgan fingerprint density at radius 1 is 1.14 bits per heavy atom. The summed E-state index contributed by atoms with van der Waals surface area (Å²) in [6.07, 6.45) is 2.00. The Kier molecular flexibility index (Phi) is 8.71. The van der Waals surface area contributed by atoms with E-state index in [9.17, 15) is 4.79 Å². The van der Waals surface area contributed by atoms with Crippen molar-refractivity contribution in [3.8, 4) is 16.9 Å². The molecule has 2 aromatic rings. The van der Waals surface area contributed by atoms with Crippen LogP contribution in [0.2, 0.25) is 0 Å². The third-order valence-electron chi connectivity index (χ3n) is 5.10. The molecule has 158 valence electrons. The number of nitrogens with one attached hydrogen (secondary N) is 1. The third kappa shape index (κ3) is 6.60. The van der Waals surface area contributed by atoms with Crippen molar-refractivity contribution in [1.82, 2.24) is 10.2 Å². The summed E-state index contributed by atoms with van der Waals surface area (Å²) in [5.41, 5.74) is 3.86. The molecule has 0 fully saturated rings. The van der Waals surface area contributed by atoms with Crippen molar-refractivity contribution in [2.24, 2.45) is 11.8 Å². The molecule has 0 aliphatic carbocycles. The van der Waals surface area contributed by atoms with Crippen LogP contribution in [0.3, 0.4) is 0 Å². The van der Waals surface area contributed by atoms with Crippen molar-refractivity contribution in [2.75, 3.05) is 34.3 Å². The zero-order chi connectivity index (χ0) is 21.4. The van der Waals surface area contributed by atoms with E-state index >= 15 is 0 Å². The number of carbonyl (C=O) groups excluding carboxylic acids is 1. The van der Waals surface area contributed by atoms with Crippen LogP contribution in [0.25, 0.3) is 11.1 Å². The second-order valence-corrected chi connectivity index (χ2v) is 8.40. The first-order valence-corrected chi connectivity index (χ1v) is 10.5. The zero-order valence-corrected chi connectivity index (χ0v) is 18.8. The summed E-state index contributed by atoms with van der Waals surface area (Å²) in [5, 5.41) is 3.14. The summed E-state index contributed by atoms with van der Waals surface area (Å²) in [7, 11) is 5.86. The smallest absolute Gasteiger partial charge is 0.251 e. The van der Waals surface area contributed by atoms with Crippen LogP contribution in [0.5, 0.6) is 5.75 Å². The molecule has 1 N–H and O–H groups in total. The van der Waals surface area contributed by atoms with Crippen LogP contribution in [-0.4, -0.2) is 45.1 Å². The molecule has 0 aliphatic rings. The summed E-state index contributed by atoms with van der Waals surface area (Å²) in [6, 6.07) is 14.0. The minimum Gasteiger partial charge on any atom is -0.496 e. The largest absolute Gasteiger partial charge is 0.496 e. The highest BCUT2D eigenvalue weighted by atomic mass is 16.5. The Morgan fingerprint density at radius 3 is 2.48 bits per heavy atom. The normalized spacial score (nSPS) is 12.3. The molecule has 4 nitrogen and oxygen atoms in total. The van der Waals surface area contributed by atoms with Gasteiger partial charge in [0.2, 0.25) is 0 Å². The summed E-state index contributed by atoms with van der Waals surface area (Å²) in [4.78, 5) is 15.0. The van der Waals surface area contributed by atoms with Gasteiger partial charge in [0.1, 0.15) is 5.75 Å². The summed E-state index contributed by atoms with van der Waals surface area (Å²) >= 11 is 0. The number of benzene rings is 2. The van der Waals surface area contributed by atoms with E-state index in [-0.39, 0.29) is 5.91 Å². The number of aryl methyl sites for hydroxylation is 1. The predicted molar refractivity (Wildman–Crippen MR) is 122 cm³/mol. The summed E-state index contributed by atoms with van der Waals surface area (Å²) in [5.74, 6) is 1.91. The molecule has 0 radical (unpaired) electrons. The van der Waals surface area contributed by atoms with Crippen LogP contribution in [0.1, 0.15) is 43.1 Å². The molecule has 0 aromatic heterocycles. The van der Waals surface area contributed by atoms with Crippen LogP contribution in [-0.2, 0) is 6.42 Å². The molecule has 1 atom stereocenters. The van der Waals surface area contributed by atoms with Gasteiger partial charge >= 0.3 is 0 Å². The quantitative estimate of drug-likeness (QED) is 0.622. The number of methoxy groups -OCH3 is 1. The molecule has 0 saturated heterocycles. The van der Waals surface area contributed by atoms with E-state index in [4.69, 9.17) is 4.74 Å². The fraction of sp³-hybridized carbons (Fsp3) is 0.480. The topological polar surface area (TPSA) is 41.6 Å². The van der Waals surface area contributed by atoms with Gasteiger partial charge in [-0.25, -0.2) is 0 Å². The lowest BCUT2D eigenvalue weighted by Gasteiger charge is -2.23. The van der Waals surface area contributed by atoms with E-state index in [1.165, 1.54) is 5.56 Å². The highest BCUT2D eigenvalue weighted by Gasteiger charge is 2.16. The lowest BCUT2D eigenvalue weighted by Crippen LogP contribution is -2.35. The number of nitrogens with zero attached hydrogens (tertiary/aromatic N) is 1. The molecule has 0 bridgehead atoms. The zero-order valence-electron chi connectivity index (χ0n) is 18.8. The van der Waals surface area contributed by atoms with Gasteiger partial charge in [-0.3, -0.25) is 4.79 Å². The van der Waals surface area contributed by atoms with Crippen molar-refractivity contribution in [3.63, 3.8) is 0 Å². The Bertz CT molecular complexity index is 789. The molecule has 0 saturated carbocycles. The molecular formula is C25H36N2O2. The van der Waals surface area contributed by atoms with E-state index in [0.29, 0.717) is 23.9 Å². The van der Waals surface area contributed by atoms with Gasteiger partial charge in [0.15, 0.2) is 0 Å². The molecule has 4 heteroatoms. The van der Waals surface area contributed by atoms with Crippen LogP contribution in [0.4, 0.5) is 0 Å². The molecule has 1 amide bonds. The lowest BCUT2D eigenvalue weighted by molar-refractivity contribution is 0.0942. The van der Waals surface area contributed by atoms with E-state index in [1.54, 1.807) is 7.11 Å². The maximum atomic E-state index is 12.8. The molecule has 2 rings (SSSR count). The molecule has 0 unspecified atom stereocenters.